The summed E-state index contributed by atoms with van der Waals surface area (Å²) in [7, 11) is -4.57. The summed E-state index contributed by atoms with van der Waals surface area (Å²) in [6, 6.07) is 10.5. The highest BCUT2D eigenvalue weighted by Gasteiger charge is 2.15. The van der Waals surface area contributed by atoms with Gasteiger partial charge >= 0.3 is 5.97 Å². The topological polar surface area (TPSA) is 83.5 Å². The van der Waals surface area contributed by atoms with Gasteiger partial charge in [0, 0.05) is 10.7 Å². The summed E-state index contributed by atoms with van der Waals surface area (Å²) in [5, 5.41) is 0. The van der Waals surface area contributed by atoms with Crippen LogP contribution in [0.25, 0.3) is 0 Å². The Labute approximate surface area is 180 Å². The van der Waals surface area contributed by atoms with Crippen LogP contribution in [0.5, 0.6) is 5.75 Å². The SMILES string of the molecule is O=C(CCc1ccccc1I)Oc1cc(I)c(S(=O)(=O)[O-])c(I)c1. The number of benzene rings is 2. The van der Waals surface area contributed by atoms with Crippen molar-refractivity contribution in [2.24, 2.45) is 0 Å². The van der Waals surface area contributed by atoms with Crippen LogP contribution in [0.1, 0.15) is 12.0 Å². The van der Waals surface area contributed by atoms with Crippen LogP contribution in [0.15, 0.2) is 41.3 Å². The van der Waals surface area contributed by atoms with Crippen molar-refractivity contribution >= 4 is 83.9 Å². The van der Waals surface area contributed by atoms with E-state index in [9.17, 15) is 17.8 Å². The summed E-state index contributed by atoms with van der Waals surface area (Å²) < 4.78 is 40.5. The fourth-order valence-corrected chi connectivity index (χ4v) is 6.54. The number of ether oxygens (including phenoxy) is 1. The molecule has 2 aromatic rings. The number of halogens is 3. The van der Waals surface area contributed by atoms with Gasteiger partial charge in [-0.1, -0.05) is 18.2 Å². The standard InChI is InChI=1S/C15H11I3O5S/c16-11-4-2-1-3-9(11)5-6-14(19)23-10-7-12(17)15(13(18)8-10)24(20,21)22/h1-4,7-8H,5-6H2,(H,20,21,22)/p-1. The van der Waals surface area contributed by atoms with Gasteiger partial charge in [0.25, 0.3) is 0 Å². The van der Waals surface area contributed by atoms with Crippen molar-refractivity contribution in [3.63, 3.8) is 0 Å². The van der Waals surface area contributed by atoms with Crippen molar-refractivity contribution in [3.05, 3.63) is 52.7 Å². The molecule has 0 N–H and O–H groups in total. The van der Waals surface area contributed by atoms with Gasteiger partial charge in [-0.25, -0.2) is 8.42 Å². The fourth-order valence-electron chi connectivity index (χ4n) is 1.95. The van der Waals surface area contributed by atoms with Gasteiger partial charge in [0.2, 0.25) is 0 Å². The molecule has 128 valence electrons. The molecule has 0 saturated heterocycles. The molecule has 0 atom stereocenters. The van der Waals surface area contributed by atoms with E-state index in [1.165, 1.54) is 12.1 Å². The molecule has 0 amide bonds. The smallest absolute Gasteiger partial charge is 0.311 e. The molecule has 0 spiro atoms. The van der Waals surface area contributed by atoms with Crippen molar-refractivity contribution in [1.29, 1.82) is 0 Å². The molecule has 24 heavy (non-hydrogen) atoms. The molecule has 2 rings (SSSR count). The monoisotopic (exact) mass is 683 g/mol. The van der Waals surface area contributed by atoms with Crippen molar-refractivity contribution in [1.82, 2.24) is 0 Å². The third kappa shape index (κ3) is 5.51. The maximum Gasteiger partial charge on any atom is 0.311 e. The molecule has 0 heterocycles. The molecule has 0 radical (unpaired) electrons. The van der Waals surface area contributed by atoms with Crippen molar-refractivity contribution in [3.8, 4) is 5.75 Å². The average Bonchev–Trinajstić information content (AvgIpc) is 2.44. The van der Waals surface area contributed by atoms with Crippen molar-refractivity contribution in [2.75, 3.05) is 0 Å². The Morgan fingerprint density at radius 3 is 2.17 bits per heavy atom. The molecule has 0 aromatic heterocycles. The van der Waals surface area contributed by atoms with E-state index >= 15 is 0 Å². The zero-order valence-corrected chi connectivity index (χ0v) is 19.3. The molecule has 0 fully saturated rings. The van der Waals surface area contributed by atoms with Crippen molar-refractivity contribution < 1.29 is 22.5 Å². The van der Waals surface area contributed by atoms with E-state index in [-0.39, 0.29) is 24.2 Å². The van der Waals surface area contributed by atoms with E-state index in [0.717, 1.165) is 9.13 Å². The minimum absolute atomic E-state index is 0.203. The predicted octanol–water partition coefficient (Wildman–Crippen LogP) is 3.94. The number of rotatable bonds is 5. The van der Waals surface area contributed by atoms with Crippen molar-refractivity contribution in [2.45, 2.75) is 17.7 Å². The summed E-state index contributed by atoms with van der Waals surface area (Å²) >= 11 is 5.69. The van der Waals surface area contributed by atoms with Crippen LogP contribution in [0, 0.1) is 10.7 Å². The van der Waals surface area contributed by atoms with E-state index in [1.807, 2.05) is 24.3 Å². The lowest BCUT2D eigenvalue weighted by atomic mass is 10.1. The van der Waals surface area contributed by atoms with Crippen LogP contribution in [0.4, 0.5) is 0 Å². The zero-order valence-electron chi connectivity index (χ0n) is 12.0. The maximum absolute atomic E-state index is 12.0. The largest absolute Gasteiger partial charge is 0.744 e. The first kappa shape index (κ1) is 20.3. The highest BCUT2D eigenvalue weighted by molar-refractivity contribution is 14.1. The molecule has 0 saturated carbocycles. The van der Waals surface area contributed by atoms with E-state index in [0.29, 0.717) is 6.42 Å². The predicted molar refractivity (Wildman–Crippen MR) is 113 cm³/mol. The molecule has 0 aliphatic rings. The zero-order chi connectivity index (χ0) is 17.9. The highest BCUT2D eigenvalue weighted by atomic mass is 127. The number of hydrogen-bond acceptors (Lipinski definition) is 5. The number of esters is 1. The maximum atomic E-state index is 12.0. The van der Waals surface area contributed by atoms with Gasteiger partial charge in [-0.3, -0.25) is 4.79 Å². The highest BCUT2D eigenvalue weighted by Crippen LogP contribution is 2.29. The van der Waals surface area contributed by atoms with Gasteiger partial charge in [0.1, 0.15) is 15.9 Å². The normalized spacial score (nSPS) is 11.3. The van der Waals surface area contributed by atoms with Crippen LogP contribution < -0.4 is 4.74 Å². The van der Waals surface area contributed by atoms with Crippen LogP contribution >= 0.6 is 67.8 Å². The molecule has 0 aliphatic carbocycles. The summed E-state index contributed by atoms with van der Waals surface area (Å²) in [6.07, 6.45) is 0.758. The number of carbonyl (C=O) groups excluding carboxylic acids is 1. The molecular weight excluding hydrogens is 673 g/mol. The lowest BCUT2D eigenvalue weighted by Crippen LogP contribution is -2.11. The van der Waals surface area contributed by atoms with Crippen LogP contribution in [0.3, 0.4) is 0 Å². The lowest BCUT2D eigenvalue weighted by molar-refractivity contribution is -0.134. The first-order chi connectivity index (χ1) is 11.2. The Morgan fingerprint density at radius 2 is 1.62 bits per heavy atom. The van der Waals surface area contributed by atoms with Gasteiger partial charge < -0.3 is 9.29 Å². The van der Waals surface area contributed by atoms with Gasteiger partial charge in [-0.15, -0.1) is 0 Å². The van der Waals surface area contributed by atoms with E-state index in [2.05, 4.69) is 22.6 Å². The fraction of sp³-hybridized carbons (Fsp3) is 0.133. The van der Waals surface area contributed by atoms with E-state index in [4.69, 9.17) is 4.74 Å². The third-order valence-corrected chi connectivity index (χ3v) is 7.44. The molecule has 0 aliphatic heterocycles. The summed E-state index contributed by atoms with van der Waals surface area (Å²) in [6.45, 7) is 0. The average molecular weight is 683 g/mol. The second-order valence-corrected chi connectivity index (χ2v) is 9.54. The van der Waals surface area contributed by atoms with Crippen LogP contribution in [0.2, 0.25) is 0 Å². The Hall–Kier alpha value is 0.01000. The van der Waals surface area contributed by atoms with Gasteiger partial charge in [-0.2, -0.15) is 0 Å². The molecular formula is C15H10I3O5S-. The number of carbonyl (C=O) groups is 1. The Bertz CT molecular complexity index is 857. The minimum Gasteiger partial charge on any atom is -0.744 e. The van der Waals surface area contributed by atoms with E-state index in [1.54, 1.807) is 45.2 Å². The minimum atomic E-state index is -4.57. The Kier molecular flexibility index (Phi) is 7.28. The second kappa shape index (κ2) is 8.60. The first-order valence-corrected chi connectivity index (χ1v) is 11.2. The van der Waals surface area contributed by atoms with Gasteiger partial charge in [-0.05, 0) is 98.0 Å². The first-order valence-electron chi connectivity index (χ1n) is 6.57. The molecule has 9 heteroatoms. The number of hydrogen-bond donors (Lipinski definition) is 0. The third-order valence-electron chi connectivity index (χ3n) is 3.01. The summed E-state index contributed by atoms with van der Waals surface area (Å²) in [5.74, 6) is -0.192. The summed E-state index contributed by atoms with van der Waals surface area (Å²) in [5.41, 5.74) is 1.06. The molecule has 5 nitrogen and oxygen atoms in total. The molecule has 0 unspecified atom stereocenters. The Balaban J connectivity index is 2.09. The summed E-state index contributed by atoms with van der Waals surface area (Å²) in [4.78, 5) is 11.7. The molecule has 2 aromatic carbocycles. The lowest BCUT2D eigenvalue weighted by Gasteiger charge is -2.13. The van der Waals surface area contributed by atoms with E-state index < -0.39 is 16.1 Å². The quantitative estimate of drug-likeness (QED) is 0.207. The number of aryl methyl sites for hydroxylation is 1. The Morgan fingerprint density at radius 1 is 1.04 bits per heavy atom. The molecule has 0 bridgehead atoms. The second-order valence-electron chi connectivity index (χ2n) is 4.74. The van der Waals surface area contributed by atoms with Crippen LogP contribution in [-0.4, -0.2) is 18.9 Å². The van der Waals surface area contributed by atoms with Crippen LogP contribution in [-0.2, 0) is 21.3 Å². The van der Waals surface area contributed by atoms with Gasteiger partial charge in [0.15, 0.2) is 0 Å². The van der Waals surface area contributed by atoms with Gasteiger partial charge in [0.05, 0.1) is 11.3 Å².